The summed E-state index contributed by atoms with van der Waals surface area (Å²) < 4.78 is 1.14. The molecule has 0 aliphatic carbocycles. The quantitative estimate of drug-likeness (QED) is 0.226. The van der Waals surface area contributed by atoms with E-state index in [1.165, 1.54) is 26.1 Å². The highest BCUT2D eigenvalue weighted by atomic mass is 16.4. The number of benzene rings is 1. The number of hydrogen-bond donors (Lipinski definition) is 6. The molecular formula is C24H31N5O8. The zero-order valence-electron chi connectivity index (χ0n) is 21.0. The molecule has 0 bridgehead atoms. The molecule has 0 saturated heterocycles. The van der Waals surface area contributed by atoms with Crippen LogP contribution in [0.3, 0.4) is 0 Å². The number of nitrogens with zero attached hydrogens (tertiary/aromatic N) is 1. The van der Waals surface area contributed by atoms with Crippen molar-refractivity contribution in [2.45, 2.75) is 39.8 Å². The number of aromatic nitrogens is 1. The number of aliphatic carboxylic acids is 1. The van der Waals surface area contributed by atoms with Crippen molar-refractivity contribution in [3.63, 3.8) is 0 Å². The Morgan fingerprint density at radius 3 is 2.30 bits per heavy atom. The zero-order chi connectivity index (χ0) is 27.9. The number of pyridine rings is 1. The molecule has 0 fully saturated rings. The largest absolute Gasteiger partial charge is 0.506 e. The predicted octanol–water partition coefficient (Wildman–Crippen LogP) is -0.658. The van der Waals surface area contributed by atoms with Crippen LogP contribution >= 0.6 is 0 Å². The Labute approximate surface area is 212 Å². The molecule has 2 aromatic rings. The summed E-state index contributed by atoms with van der Waals surface area (Å²) >= 11 is 0. The molecule has 0 unspecified atom stereocenters. The monoisotopic (exact) mass is 517 g/mol. The van der Waals surface area contributed by atoms with E-state index in [1.807, 2.05) is 13.8 Å². The summed E-state index contributed by atoms with van der Waals surface area (Å²) in [6.45, 7) is 4.06. The molecule has 13 heteroatoms. The Balaban J connectivity index is 2.12. The van der Waals surface area contributed by atoms with E-state index in [0.717, 1.165) is 4.57 Å². The molecule has 1 aromatic carbocycles. The van der Waals surface area contributed by atoms with Crippen LogP contribution in [0.5, 0.6) is 5.75 Å². The van der Waals surface area contributed by atoms with Crippen LogP contribution in [-0.4, -0.2) is 63.5 Å². The van der Waals surface area contributed by atoms with Crippen LogP contribution in [0.15, 0.2) is 23.0 Å². The van der Waals surface area contributed by atoms with E-state index in [4.69, 9.17) is 5.11 Å². The summed E-state index contributed by atoms with van der Waals surface area (Å²) in [7, 11) is 1.40. The lowest BCUT2D eigenvalue weighted by atomic mass is 10.0. The fraction of sp³-hybridized carbons (Fsp3) is 0.417. The van der Waals surface area contributed by atoms with Crippen LogP contribution in [0.2, 0.25) is 0 Å². The number of rotatable bonds is 11. The van der Waals surface area contributed by atoms with Gasteiger partial charge in [0, 0.05) is 25.9 Å². The van der Waals surface area contributed by atoms with Gasteiger partial charge in [-0.15, -0.1) is 0 Å². The molecule has 4 amide bonds. The lowest BCUT2D eigenvalue weighted by molar-refractivity contribution is -0.135. The van der Waals surface area contributed by atoms with Gasteiger partial charge in [0.1, 0.15) is 23.9 Å². The van der Waals surface area contributed by atoms with Gasteiger partial charge in [-0.1, -0.05) is 19.9 Å². The number of nitrogens with one attached hydrogen (secondary N) is 4. The Morgan fingerprint density at radius 2 is 1.70 bits per heavy atom. The smallest absolute Gasteiger partial charge is 0.322 e. The minimum atomic E-state index is -1.31. The second kappa shape index (κ2) is 12.5. The van der Waals surface area contributed by atoms with Crippen molar-refractivity contribution >= 4 is 40.5 Å². The molecule has 1 atom stereocenters. The molecule has 6 N–H and O–H groups in total. The van der Waals surface area contributed by atoms with Crippen LogP contribution in [-0.2, 0) is 32.8 Å². The molecule has 1 aromatic heterocycles. The lowest BCUT2D eigenvalue weighted by Gasteiger charge is -2.19. The standard InChI is InChI=1S/C24H31N5O8/c1-12(2)7-16(28-13(3)30)22(35)26-10-18(31)25-9-14-5-6-17-15(8-14)21(34)20(24(37)29(17)4)23(36)27-11-19(32)33/h5-6,8,12,16,34H,7,9-11H2,1-4H3,(H,25,31)(H,26,35)(H,27,36)(H,28,30)(H,32,33)/t16-/m0/s1. The highest BCUT2D eigenvalue weighted by Crippen LogP contribution is 2.27. The molecule has 1 heterocycles. The van der Waals surface area contributed by atoms with Gasteiger partial charge in [0.2, 0.25) is 17.7 Å². The number of aryl methyl sites for hydroxylation is 1. The van der Waals surface area contributed by atoms with Crippen molar-refractivity contribution < 1.29 is 34.2 Å². The third-order valence-electron chi connectivity index (χ3n) is 5.37. The molecule has 0 radical (unpaired) electrons. The number of carboxylic acids is 1. The van der Waals surface area contributed by atoms with Gasteiger partial charge in [-0.05, 0) is 30.0 Å². The first-order valence-electron chi connectivity index (χ1n) is 11.5. The Morgan fingerprint density at radius 1 is 1.03 bits per heavy atom. The maximum absolute atomic E-state index is 12.6. The molecule has 13 nitrogen and oxygen atoms in total. The Kier molecular flexibility index (Phi) is 9.75. The average Bonchev–Trinajstić information content (AvgIpc) is 2.82. The van der Waals surface area contributed by atoms with Crippen LogP contribution in [0, 0.1) is 5.92 Å². The number of fused-ring (bicyclic) bond motifs is 1. The van der Waals surface area contributed by atoms with E-state index in [9.17, 15) is 33.9 Å². The number of aromatic hydroxyl groups is 1. The van der Waals surface area contributed by atoms with Gasteiger partial charge in [-0.3, -0.25) is 28.8 Å². The summed E-state index contributed by atoms with van der Waals surface area (Å²) in [6, 6.07) is 3.86. The molecule has 37 heavy (non-hydrogen) atoms. The average molecular weight is 518 g/mol. The van der Waals surface area contributed by atoms with Gasteiger partial charge < -0.3 is 36.0 Å². The maximum atomic E-state index is 12.6. The van der Waals surface area contributed by atoms with Crippen molar-refractivity contribution in [2.24, 2.45) is 13.0 Å². The minimum absolute atomic E-state index is 0.00852. The Bertz CT molecular complexity index is 1280. The molecule has 0 aliphatic heterocycles. The second-order valence-electron chi connectivity index (χ2n) is 8.89. The summed E-state index contributed by atoms with van der Waals surface area (Å²) in [4.78, 5) is 71.6. The van der Waals surface area contributed by atoms with E-state index >= 15 is 0 Å². The Hall–Kier alpha value is -4.42. The molecule has 0 aliphatic rings. The second-order valence-corrected chi connectivity index (χ2v) is 8.89. The van der Waals surface area contributed by atoms with Crippen molar-refractivity contribution in [1.82, 2.24) is 25.8 Å². The van der Waals surface area contributed by atoms with Gasteiger partial charge in [0.05, 0.1) is 12.1 Å². The number of amides is 4. The highest BCUT2D eigenvalue weighted by molar-refractivity contribution is 6.03. The van der Waals surface area contributed by atoms with E-state index in [-0.39, 0.29) is 30.3 Å². The van der Waals surface area contributed by atoms with Crippen molar-refractivity contribution in [1.29, 1.82) is 0 Å². The highest BCUT2D eigenvalue weighted by Gasteiger charge is 2.23. The van der Waals surface area contributed by atoms with Crippen molar-refractivity contribution in [3.8, 4) is 5.75 Å². The summed E-state index contributed by atoms with van der Waals surface area (Å²) in [5, 5.41) is 29.2. The molecule has 2 rings (SSSR count). The van der Waals surface area contributed by atoms with Gasteiger partial charge in [-0.25, -0.2) is 0 Å². The van der Waals surface area contributed by atoms with Crippen LogP contribution < -0.4 is 26.8 Å². The van der Waals surface area contributed by atoms with E-state index < -0.39 is 53.1 Å². The van der Waals surface area contributed by atoms with Gasteiger partial charge in [0.25, 0.3) is 11.5 Å². The molecule has 200 valence electrons. The fourth-order valence-electron chi connectivity index (χ4n) is 3.64. The first kappa shape index (κ1) is 28.8. The topological polar surface area (TPSA) is 196 Å². The molecular weight excluding hydrogens is 486 g/mol. The van der Waals surface area contributed by atoms with Crippen molar-refractivity contribution in [2.75, 3.05) is 13.1 Å². The van der Waals surface area contributed by atoms with Crippen LogP contribution in [0.25, 0.3) is 10.9 Å². The fourth-order valence-corrected chi connectivity index (χ4v) is 3.64. The maximum Gasteiger partial charge on any atom is 0.322 e. The van der Waals surface area contributed by atoms with E-state index in [1.54, 1.807) is 6.07 Å². The predicted molar refractivity (Wildman–Crippen MR) is 133 cm³/mol. The summed E-state index contributed by atoms with van der Waals surface area (Å²) in [5.41, 5.74) is -0.572. The number of carbonyl (C=O) groups excluding carboxylic acids is 4. The molecule has 0 saturated carbocycles. The minimum Gasteiger partial charge on any atom is -0.506 e. The number of carboxylic acid groups (broad SMARTS) is 1. The van der Waals surface area contributed by atoms with Crippen molar-refractivity contribution in [3.05, 3.63) is 39.7 Å². The summed E-state index contributed by atoms with van der Waals surface area (Å²) in [5.74, 6) is -4.16. The first-order valence-corrected chi connectivity index (χ1v) is 11.5. The van der Waals surface area contributed by atoms with Gasteiger partial charge in [-0.2, -0.15) is 0 Å². The SMILES string of the molecule is CC(=O)N[C@@H](CC(C)C)C(=O)NCC(=O)NCc1ccc2c(c1)c(O)c(C(=O)NCC(=O)O)c(=O)n2C. The van der Waals surface area contributed by atoms with Gasteiger partial charge >= 0.3 is 5.97 Å². The van der Waals surface area contributed by atoms with Gasteiger partial charge in [0.15, 0.2) is 0 Å². The zero-order valence-corrected chi connectivity index (χ0v) is 21.0. The van der Waals surface area contributed by atoms with E-state index in [2.05, 4.69) is 21.3 Å². The summed E-state index contributed by atoms with van der Waals surface area (Å²) in [6.07, 6.45) is 0.409. The lowest BCUT2D eigenvalue weighted by Crippen LogP contribution is -2.49. The number of hydrogen-bond acceptors (Lipinski definition) is 7. The molecule has 0 spiro atoms. The third-order valence-corrected chi connectivity index (χ3v) is 5.37. The first-order chi connectivity index (χ1) is 17.3. The normalized spacial score (nSPS) is 11.6. The van der Waals surface area contributed by atoms with Crippen LogP contribution in [0.4, 0.5) is 0 Å². The van der Waals surface area contributed by atoms with E-state index in [0.29, 0.717) is 17.5 Å². The van der Waals surface area contributed by atoms with Crippen LogP contribution in [0.1, 0.15) is 43.1 Å². The number of carbonyl (C=O) groups is 5. The third kappa shape index (κ3) is 7.78.